The molecular weight excluding hydrogens is 361 g/mol. The van der Waals surface area contributed by atoms with Gasteiger partial charge >= 0.3 is 0 Å². The van der Waals surface area contributed by atoms with E-state index in [0.29, 0.717) is 23.7 Å². The first-order chi connectivity index (χ1) is 13.5. The quantitative estimate of drug-likeness (QED) is 0.747. The van der Waals surface area contributed by atoms with Crippen molar-refractivity contribution in [3.63, 3.8) is 0 Å². The molecule has 144 valence electrons. The number of carbonyl (C=O) groups is 1. The van der Waals surface area contributed by atoms with Crippen LogP contribution in [-0.4, -0.2) is 34.2 Å². The van der Waals surface area contributed by atoms with Crippen molar-refractivity contribution in [2.24, 2.45) is 11.8 Å². The molecule has 1 amide bonds. The summed E-state index contributed by atoms with van der Waals surface area (Å²) in [6, 6.07) is 9.81. The second-order valence-electron chi connectivity index (χ2n) is 6.98. The molecule has 0 radical (unpaired) electrons. The second kappa shape index (κ2) is 7.38. The summed E-state index contributed by atoms with van der Waals surface area (Å²) in [6.07, 6.45) is 1.74. The number of aromatic nitrogens is 3. The summed E-state index contributed by atoms with van der Waals surface area (Å²) in [4.78, 5) is 19.4. The zero-order valence-electron chi connectivity index (χ0n) is 15.6. The molecule has 1 aliphatic rings. The van der Waals surface area contributed by atoms with Gasteiger partial charge in [0.25, 0.3) is 0 Å². The monoisotopic (exact) mass is 381 g/mol. The van der Waals surface area contributed by atoms with Crippen LogP contribution >= 0.6 is 0 Å². The van der Waals surface area contributed by atoms with Crippen molar-refractivity contribution in [1.29, 1.82) is 0 Å². The third-order valence-corrected chi connectivity index (χ3v) is 4.92. The summed E-state index contributed by atoms with van der Waals surface area (Å²) in [7, 11) is 0. The molecule has 8 heteroatoms. The number of amides is 1. The van der Waals surface area contributed by atoms with Gasteiger partial charge in [-0.25, -0.2) is 9.37 Å². The normalized spacial score (nSPS) is 19.0. The van der Waals surface area contributed by atoms with E-state index in [2.05, 4.69) is 25.4 Å². The maximum Gasteiger partial charge on any atom is 0.249 e. The smallest absolute Gasteiger partial charge is 0.249 e. The Morgan fingerprint density at radius 1 is 1.25 bits per heavy atom. The van der Waals surface area contributed by atoms with Gasteiger partial charge in [0, 0.05) is 26.2 Å². The van der Waals surface area contributed by atoms with Crippen LogP contribution in [0.4, 0.5) is 15.9 Å². The van der Waals surface area contributed by atoms with E-state index in [1.54, 1.807) is 13.1 Å². The van der Waals surface area contributed by atoms with Crippen LogP contribution in [0.15, 0.2) is 47.0 Å². The molecule has 0 spiro atoms. The largest absolute Gasteiger partial charge is 0.421 e. The van der Waals surface area contributed by atoms with E-state index < -0.39 is 5.82 Å². The van der Waals surface area contributed by atoms with E-state index in [1.165, 1.54) is 18.2 Å². The molecule has 3 aromatic rings. The molecule has 0 bridgehead atoms. The van der Waals surface area contributed by atoms with Gasteiger partial charge in [-0.3, -0.25) is 4.79 Å². The number of carbonyl (C=O) groups excluding carboxylic acids is 1. The SMILES string of the molecule is Cc1nnc(-c2cc(F)ccc2NC(=O)[C@@H]2CN(c3ccccn3)C[C@H]2C)o1. The number of pyridine rings is 1. The molecular formula is C20H20FN5O2. The molecule has 1 saturated heterocycles. The van der Waals surface area contributed by atoms with Crippen molar-refractivity contribution < 1.29 is 13.6 Å². The molecule has 0 saturated carbocycles. The predicted octanol–water partition coefficient (Wildman–Crippen LogP) is 3.29. The molecule has 2 aromatic heterocycles. The van der Waals surface area contributed by atoms with Crippen molar-refractivity contribution >= 4 is 17.4 Å². The van der Waals surface area contributed by atoms with Gasteiger partial charge in [-0.2, -0.15) is 0 Å². The Hall–Kier alpha value is -3.29. The van der Waals surface area contributed by atoms with E-state index in [-0.39, 0.29) is 23.6 Å². The fraction of sp³-hybridized carbons (Fsp3) is 0.300. The number of aryl methyl sites for hydroxylation is 1. The lowest BCUT2D eigenvalue weighted by atomic mass is 9.97. The minimum Gasteiger partial charge on any atom is -0.421 e. The van der Waals surface area contributed by atoms with Crippen molar-refractivity contribution in [1.82, 2.24) is 15.2 Å². The highest BCUT2D eigenvalue weighted by molar-refractivity contribution is 5.96. The average molecular weight is 381 g/mol. The third-order valence-electron chi connectivity index (χ3n) is 4.92. The lowest BCUT2D eigenvalue weighted by Gasteiger charge is -2.17. The number of hydrogen-bond donors (Lipinski definition) is 1. The second-order valence-corrected chi connectivity index (χ2v) is 6.98. The number of rotatable bonds is 4. The standard InChI is InChI=1S/C20H20FN5O2/c1-12-10-26(18-5-3-4-8-22-18)11-16(12)19(27)23-17-7-6-14(21)9-15(17)20-25-24-13(2)28-20/h3-9,12,16H,10-11H2,1-2H3,(H,23,27)/t12-,16-/m1/s1. The summed E-state index contributed by atoms with van der Waals surface area (Å²) < 4.78 is 19.2. The number of nitrogens with zero attached hydrogens (tertiary/aromatic N) is 4. The van der Waals surface area contributed by atoms with Crippen LogP contribution in [0.3, 0.4) is 0 Å². The maximum atomic E-state index is 13.8. The Morgan fingerprint density at radius 3 is 2.82 bits per heavy atom. The minimum atomic E-state index is -0.445. The first-order valence-corrected chi connectivity index (χ1v) is 9.08. The highest BCUT2D eigenvalue weighted by Crippen LogP contribution is 2.31. The van der Waals surface area contributed by atoms with Crippen molar-refractivity contribution in [2.45, 2.75) is 13.8 Å². The van der Waals surface area contributed by atoms with Crippen LogP contribution in [0.1, 0.15) is 12.8 Å². The number of benzene rings is 1. The van der Waals surface area contributed by atoms with Gasteiger partial charge in [0.2, 0.25) is 17.7 Å². The fourth-order valence-electron chi connectivity index (χ4n) is 3.47. The highest BCUT2D eigenvalue weighted by Gasteiger charge is 2.35. The van der Waals surface area contributed by atoms with Crippen LogP contribution < -0.4 is 10.2 Å². The van der Waals surface area contributed by atoms with E-state index in [9.17, 15) is 9.18 Å². The Morgan fingerprint density at radius 2 is 2.11 bits per heavy atom. The summed E-state index contributed by atoms with van der Waals surface area (Å²) in [5.74, 6) is 0.748. The number of hydrogen-bond acceptors (Lipinski definition) is 6. The van der Waals surface area contributed by atoms with E-state index in [1.807, 2.05) is 25.1 Å². The summed E-state index contributed by atoms with van der Waals surface area (Å²) >= 11 is 0. The minimum absolute atomic E-state index is 0.130. The lowest BCUT2D eigenvalue weighted by molar-refractivity contribution is -0.120. The number of anilines is 2. The van der Waals surface area contributed by atoms with E-state index in [0.717, 1.165) is 12.4 Å². The van der Waals surface area contributed by atoms with Crippen LogP contribution in [0, 0.1) is 24.6 Å². The van der Waals surface area contributed by atoms with Gasteiger partial charge in [0.1, 0.15) is 11.6 Å². The maximum absolute atomic E-state index is 13.8. The zero-order chi connectivity index (χ0) is 19.7. The summed E-state index contributed by atoms with van der Waals surface area (Å²) in [5, 5.41) is 10.6. The number of halogens is 1. The van der Waals surface area contributed by atoms with Gasteiger partial charge in [0.05, 0.1) is 17.2 Å². The van der Waals surface area contributed by atoms with Crippen molar-refractivity contribution in [3.05, 3.63) is 54.3 Å². The molecule has 0 aliphatic carbocycles. The lowest BCUT2D eigenvalue weighted by Crippen LogP contribution is -2.29. The fourth-order valence-corrected chi connectivity index (χ4v) is 3.47. The van der Waals surface area contributed by atoms with Gasteiger partial charge in [-0.05, 0) is 36.2 Å². The third kappa shape index (κ3) is 3.58. The highest BCUT2D eigenvalue weighted by atomic mass is 19.1. The summed E-state index contributed by atoms with van der Waals surface area (Å²) in [6.45, 7) is 5.01. The van der Waals surface area contributed by atoms with E-state index in [4.69, 9.17) is 4.42 Å². The Balaban J connectivity index is 1.54. The molecule has 1 aromatic carbocycles. The molecule has 1 aliphatic heterocycles. The molecule has 7 nitrogen and oxygen atoms in total. The van der Waals surface area contributed by atoms with Gasteiger partial charge < -0.3 is 14.6 Å². The Kier molecular flexibility index (Phi) is 4.77. The van der Waals surface area contributed by atoms with Gasteiger partial charge in [0.15, 0.2) is 0 Å². The molecule has 2 atom stereocenters. The molecule has 1 fully saturated rings. The Bertz CT molecular complexity index is 991. The molecule has 0 unspecified atom stereocenters. The number of nitrogens with one attached hydrogen (secondary N) is 1. The first kappa shape index (κ1) is 18.1. The van der Waals surface area contributed by atoms with Crippen LogP contribution in [0.25, 0.3) is 11.5 Å². The molecule has 28 heavy (non-hydrogen) atoms. The predicted molar refractivity (Wildman–Crippen MR) is 102 cm³/mol. The summed E-state index contributed by atoms with van der Waals surface area (Å²) in [5.41, 5.74) is 0.805. The van der Waals surface area contributed by atoms with Crippen LogP contribution in [0.2, 0.25) is 0 Å². The zero-order valence-corrected chi connectivity index (χ0v) is 15.6. The van der Waals surface area contributed by atoms with E-state index >= 15 is 0 Å². The van der Waals surface area contributed by atoms with Crippen LogP contribution in [0.5, 0.6) is 0 Å². The molecule has 3 heterocycles. The van der Waals surface area contributed by atoms with Gasteiger partial charge in [-0.15, -0.1) is 10.2 Å². The average Bonchev–Trinajstić information content (AvgIpc) is 3.29. The van der Waals surface area contributed by atoms with Crippen molar-refractivity contribution in [2.75, 3.05) is 23.3 Å². The van der Waals surface area contributed by atoms with Gasteiger partial charge in [-0.1, -0.05) is 13.0 Å². The molecule has 1 N–H and O–H groups in total. The van der Waals surface area contributed by atoms with Crippen molar-refractivity contribution in [3.8, 4) is 11.5 Å². The molecule has 4 rings (SSSR count). The topological polar surface area (TPSA) is 84.2 Å². The Labute approximate surface area is 161 Å². The van der Waals surface area contributed by atoms with Crippen LogP contribution in [-0.2, 0) is 4.79 Å². The first-order valence-electron chi connectivity index (χ1n) is 9.08.